The van der Waals surface area contributed by atoms with Crippen LogP contribution in [0.25, 0.3) is 0 Å². The van der Waals surface area contributed by atoms with Gasteiger partial charge in [0.05, 0.1) is 5.57 Å². The Morgan fingerprint density at radius 1 is 1.16 bits per heavy atom. The van der Waals surface area contributed by atoms with Crippen LogP contribution in [0, 0.1) is 5.92 Å². The molecule has 3 rings (SSSR count). The van der Waals surface area contributed by atoms with Crippen LogP contribution in [0.5, 0.6) is 0 Å². The van der Waals surface area contributed by atoms with Crippen molar-refractivity contribution < 1.29 is 14.6 Å². The summed E-state index contributed by atoms with van der Waals surface area (Å²) in [4.78, 5) is 12.7. The van der Waals surface area contributed by atoms with Crippen LogP contribution < -0.4 is 0 Å². The molecule has 1 heterocycles. The molecule has 0 aromatic heterocycles. The quantitative estimate of drug-likeness (QED) is 0.678. The Hall–Kier alpha value is -1.77. The molecule has 1 fully saturated rings. The highest BCUT2D eigenvalue weighted by Crippen LogP contribution is 2.47. The third-order valence-corrected chi connectivity index (χ3v) is 6.01. The van der Waals surface area contributed by atoms with Gasteiger partial charge in [-0.3, -0.25) is 0 Å². The van der Waals surface area contributed by atoms with Gasteiger partial charge in [-0.1, -0.05) is 63.4 Å². The molecule has 2 aliphatic rings. The molecule has 2 unspecified atom stereocenters. The van der Waals surface area contributed by atoms with Gasteiger partial charge in [-0.05, 0) is 49.5 Å². The molecule has 136 valence electrons. The van der Waals surface area contributed by atoms with Crippen LogP contribution >= 0.6 is 0 Å². The minimum atomic E-state index is -0.731. The van der Waals surface area contributed by atoms with E-state index in [0.717, 1.165) is 51.4 Å². The maximum Gasteiger partial charge on any atom is 0.338 e. The van der Waals surface area contributed by atoms with E-state index in [1.54, 1.807) is 0 Å². The van der Waals surface area contributed by atoms with Crippen molar-refractivity contribution >= 4 is 5.97 Å². The van der Waals surface area contributed by atoms with Crippen molar-refractivity contribution in [1.29, 1.82) is 0 Å². The minimum absolute atomic E-state index is 0.0391. The lowest BCUT2D eigenvalue weighted by molar-refractivity contribution is -0.151. The summed E-state index contributed by atoms with van der Waals surface area (Å²) in [5.74, 6) is 0.110. The Bertz CT molecular complexity index is 626. The molecule has 0 bridgehead atoms. The maximum atomic E-state index is 12.7. The van der Waals surface area contributed by atoms with Crippen LogP contribution in [-0.4, -0.2) is 16.7 Å². The number of rotatable bonds is 6. The van der Waals surface area contributed by atoms with Crippen LogP contribution in [0.2, 0.25) is 0 Å². The number of unbranched alkanes of at least 4 members (excludes halogenated alkanes) is 1. The fraction of sp³-hybridized carbons (Fsp3) is 0.591. The lowest BCUT2D eigenvalue weighted by Crippen LogP contribution is -2.34. The number of hydrogen-bond donors (Lipinski definition) is 1. The lowest BCUT2D eigenvalue weighted by atomic mass is 9.76. The highest BCUT2D eigenvalue weighted by atomic mass is 16.6. The molecule has 0 radical (unpaired) electrons. The summed E-state index contributed by atoms with van der Waals surface area (Å²) in [6.45, 7) is 4.26. The fourth-order valence-electron chi connectivity index (χ4n) is 4.52. The molecule has 1 N–H and O–H groups in total. The fourth-order valence-corrected chi connectivity index (χ4v) is 4.52. The zero-order valence-corrected chi connectivity index (χ0v) is 15.5. The van der Waals surface area contributed by atoms with Crippen molar-refractivity contribution in [3.8, 4) is 0 Å². The minimum Gasteiger partial charge on any atom is -0.507 e. The van der Waals surface area contributed by atoms with Crippen LogP contribution in [0.1, 0.15) is 76.7 Å². The van der Waals surface area contributed by atoms with Crippen molar-refractivity contribution in [2.75, 3.05) is 0 Å². The monoisotopic (exact) mass is 342 g/mol. The predicted octanol–water partition coefficient (Wildman–Crippen LogP) is 5.67. The average molecular weight is 342 g/mol. The summed E-state index contributed by atoms with van der Waals surface area (Å²) in [5.41, 5.74) is 1.03. The van der Waals surface area contributed by atoms with Crippen LogP contribution in [0.15, 0.2) is 41.7 Å². The molecule has 0 amide bonds. The Labute approximate surface area is 151 Å². The molecule has 1 spiro atoms. The van der Waals surface area contributed by atoms with E-state index in [2.05, 4.69) is 26.0 Å². The second kappa shape index (κ2) is 7.63. The van der Waals surface area contributed by atoms with E-state index in [4.69, 9.17) is 4.74 Å². The first-order valence-electron chi connectivity index (χ1n) is 9.81. The standard InChI is InChI=1S/C22H30O3/c1-3-4-13-18(17-11-7-5-8-12-17)16(2)19-20(23)22(25-21(19)24)14-9-6-10-15-22/h5,7-8,11-12,16,18,23H,3-4,6,9-10,13-15H2,1-2H3. The zero-order chi connectivity index (χ0) is 17.9. The van der Waals surface area contributed by atoms with Gasteiger partial charge in [0.25, 0.3) is 0 Å². The van der Waals surface area contributed by atoms with Crippen LogP contribution in [0.3, 0.4) is 0 Å². The van der Waals surface area contributed by atoms with Crippen molar-refractivity contribution in [2.24, 2.45) is 5.92 Å². The molecule has 1 aliphatic carbocycles. The summed E-state index contributed by atoms with van der Waals surface area (Å²) in [6.07, 6.45) is 7.93. The molecule has 1 aromatic carbocycles. The van der Waals surface area contributed by atoms with Gasteiger partial charge in [-0.2, -0.15) is 0 Å². The van der Waals surface area contributed by atoms with E-state index in [-0.39, 0.29) is 23.6 Å². The molecule has 0 saturated heterocycles. The molecule has 2 atom stereocenters. The highest BCUT2D eigenvalue weighted by molar-refractivity contribution is 5.93. The zero-order valence-electron chi connectivity index (χ0n) is 15.5. The van der Waals surface area contributed by atoms with Gasteiger partial charge in [0.2, 0.25) is 0 Å². The third kappa shape index (κ3) is 3.47. The first-order valence-corrected chi connectivity index (χ1v) is 9.81. The number of carbonyl (C=O) groups excluding carboxylic acids is 1. The average Bonchev–Trinajstić information content (AvgIpc) is 2.86. The first-order chi connectivity index (χ1) is 12.1. The number of benzene rings is 1. The second-order valence-electron chi connectivity index (χ2n) is 7.65. The van der Waals surface area contributed by atoms with Gasteiger partial charge in [0, 0.05) is 0 Å². The van der Waals surface area contributed by atoms with E-state index < -0.39 is 5.60 Å². The van der Waals surface area contributed by atoms with E-state index in [9.17, 15) is 9.90 Å². The van der Waals surface area contributed by atoms with E-state index in [0.29, 0.717) is 5.57 Å². The van der Waals surface area contributed by atoms with Gasteiger partial charge < -0.3 is 9.84 Å². The molecule has 1 aliphatic heterocycles. The molecule has 1 aromatic rings. The van der Waals surface area contributed by atoms with E-state index in [1.807, 2.05) is 18.2 Å². The molecular weight excluding hydrogens is 312 g/mol. The number of aliphatic hydroxyl groups excluding tert-OH is 1. The number of carbonyl (C=O) groups is 1. The Kier molecular flexibility index (Phi) is 5.51. The second-order valence-corrected chi connectivity index (χ2v) is 7.65. The Balaban J connectivity index is 1.92. The van der Waals surface area contributed by atoms with Gasteiger partial charge in [-0.15, -0.1) is 0 Å². The van der Waals surface area contributed by atoms with Crippen molar-refractivity contribution in [3.05, 3.63) is 47.2 Å². The van der Waals surface area contributed by atoms with Crippen molar-refractivity contribution in [2.45, 2.75) is 76.7 Å². The van der Waals surface area contributed by atoms with Gasteiger partial charge in [0.1, 0.15) is 5.76 Å². The summed E-state index contributed by atoms with van der Waals surface area (Å²) in [6, 6.07) is 10.4. The SMILES string of the molecule is CCCCC(c1ccccc1)C(C)C1=C(O)C2(CCCCC2)OC1=O. The molecule has 3 nitrogen and oxygen atoms in total. The summed E-state index contributed by atoms with van der Waals surface area (Å²) in [7, 11) is 0. The largest absolute Gasteiger partial charge is 0.507 e. The summed E-state index contributed by atoms with van der Waals surface area (Å²) >= 11 is 0. The van der Waals surface area contributed by atoms with Gasteiger partial charge in [0.15, 0.2) is 5.60 Å². The molecular formula is C22H30O3. The Morgan fingerprint density at radius 2 is 1.84 bits per heavy atom. The predicted molar refractivity (Wildman–Crippen MR) is 99.4 cm³/mol. The van der Waals surface area contributed by atoms with Gasteiger partial charge >= 0.3 is 5.97 Å². The third-order valence-electron chi connectivity index (χ3n) is 6.01. The Morgan fingerprint density at radius 3 is 2.48 bits per heavy atom. The van der Waals surface area contributed by atoms with E-state index in [1.165, 1.54) is 5.56 Å². The van der Waals surface area contributed by atoms with E-state index >= 15 is 0 Å². The molecule has 3 heteroatoms. The lowest BCUT2D eigenvalue weighted by Gasteiger charge is -2.31. The number of esters is 1. The normalized spacial score (nSPS) is 22.1. The van der Waals surface area contributed by atoms with Crippen LogP contribution in [0.4, 0.5) is 0 Å². The number of aliphatic hydroxyl groups is 1. The summed E-state index contributed by atoms with van der Waals surface area (Å²) in [5, 5.41) is 11.0. The molecule has 1 saturated carbocycles. The van der Waals surface area contributed by atoms with Crippen molar-refractivity contribution in [1.82, 2.24) is 0 Å². The first kappa shape index (κ1) is 18.0. The molecule has 25 heavy (non-hydrogen) atoms. The summed E-state index contributed by atoms with van der Waals surface area (Å²) < 4.78 is 5.76. The maximum absolute atomic E-state index is 12.7. The number of hydrogen-bond acceptors (Lipinski definition) is 3. The van der Waals surface area contributed by atoms with Crippen molar-refractivity contribution in [3.63, 3.8) is 0 Å². The smallest absolute Gasteiger partial charge is 0.338 e. The topological polar surface area (TPSA) is 46.5 Å². The van der Waals surface area contributed by atoms with Crippen LogP contribution in [-0.2, 0) is 9.53 Å². The highest BCUT2D eigenvalue weighted by Gasteiger charge is 2.50. The van der Waals surface area contributed by atoms with Gasteiger partial charge in [-0.25, -0.2) is 4.79 Å². The number of ether oxygens (including phenoxy) is 1.